The van der Waals surface area contributed by atoms with Crippen LogP contribution in [0.4, 0.5) is 0 Å². The number of ether oxygens (including phenoxy) is 1. The lowest BCUT2D eigenvalue weighted by Gasteiger charge is -2.47. The zero-order chi connectivity index (χ0) is 11.0. The fourth-order valence-electron chi connectivity index (χ4n) is 2.23. The topological polar surface area (TPSA) is 63.6 Å². The van der Waals surface area contributed by atoms with Crippen molar-refractivity contribution in [3.05, 3.63) is 0 Å². The summed E-state index contributed by atoms with van der Waals surface area (Å²) < 4.78 is 4.78. The lowest BCUT2D eigenvalue weighted by Crippen LogP contribution is -2.54. The number of hydrogen-bond donors (Lipinski definition) is 1. The van der Waals surface area contributed by atoms with Crippen LogP contribution in [0, 0.1) is 10.8 Å². The molecule has 0 aromatic carbocycles. The third-order valence-corrected chi connectivity index (χ3v) is 2.64. The Kier molecular flexibility index (Phi) is 2.56. The predicted molar refractivity (Wildman–Crippen MR) is 49.7 cm³/mol. The summed E-state index contributed by atoms with van der Waals surface area (Å²) in [5.41, 5.74) is -1.34. The first-order valence-electron chi connectivity index (χ1n) is 4.75. The van der Waals surface area contributed by atoms with E-state index in [9.17, 15) is 9.59 Å². The molecule has 1 N–H and O–H groups in total. The van der Waals surface area contributed by atoms with Gasteiger partial charge in [-0.2, -0.15) is 0 Å². The fourth-order valence-corrected chi connectivity index (χ4v) is 2.23. The Labute approximate surface area is 83.2 Å². The van der Waals surface area contributed by atoms with Gasteiger partial charge in [0.2, 0.25) is 0 Å². The molecule has 80 valence electrons. The van der Waals surface area contributed by atoms with Gasteiger partial charge < -0.3 is 9.84 Å². The first-order chi connectivity index (χ1) is 6.34. The van der Waals surface area contributed by atoms with E-state index < -0.39 is 17.4 Å². The lowest BCUT2D eigenvalue weighted by atomic mass is 9.54. The molecule has 0 spiro atoms. The van der Waals surface area contributed by atoms with Gasteiger partial charge in [-0.3, -0.25) is 9.59 Å². The molecular weight excluding hydrogens is 184 g/mol. The molecule has 0 amide bonds. The monoisotopic (exact) mass is 200 g/mol. The highest BCUT2D eigenvalue weighted by molar-refractivity contribution is 6.00. The second kappa shape index (κ2) is 3.26. The van der Waals surface area contributed by atoms with E-state index in [1.807, 2.05) is 13.8 Å². The summed E-state index contributed by atoms with van der Waals surface area (Å²) in [5.74, 6) is -1.65. The average Bonchev–Trinajstić information content (AvgIpc) is 1.99. The molecule has 14 heavy (non-hydrogen) atoms. The molecule has 4 heteroatoms. The fraction of sp³-hybridized carbons (Fsp3) is 0.800. The summed E-state index contributed by atoms with van der Waals surface area (Å²) >= 11 is 0. The Morgan fingerprint density at radius 1 is 1.36 bits per heavy atom. The molecule has 1 rings (SSSR count). The molecule has 0 atom stereocenters. The minimum absolute atomic E-state index is 0.0643. The number of aliphatic carboxylic acids is 1. The van der Waals surface area contributed by atoms with Gasteiger partial charge in [-0.05, 0) is 25.2 Å². The number of esters is 1. The van der Waals surface area contributed by atoms with Crippen molar-refractivity contribution < 1.29 is 19.4 Å². The molecule has 0 heterocycles. The first-order valence-corrected chi connectivity index (χ1v) is 4.75. The zero-order valence-corrected chi connectivity index (χ0v) is 8.79. The van der Waals surface area contributed by atoms with Gasteiger partial charge in [0.1, 0.15) is 0 Å². The van der Waals surface area contributed by atoms with E-state index in [-0.39, 0.29) is 12.0 Å². The van der Waals surface area contributed by atoms with E-state index in [0.29, 0.717) is 12.8 Å². The number of carbonyl (C=O) groups excluding carboxylic acids is 1. The van der Waals surface area contributed by atoms with Crippen LogP contribution in [0.1, 0.15) is 33.6 Å². The van der Waals surface area contributed by atoms with E-state index in [1.165, 1.54) is 0 Å². The smallest absolute Gasteiger partial charge is 0.323 e. The molecule has 0 radical (unpaired) electrons. The van der Waals surface area contributed by atoms with E-state index >= 15 is 0 Å². The Morgan fingerprint density at radius 2 is 1.86 bits per heavy atom. The molecule has 1 fully saturated rings. The van der Waals surface area contributed by atoms with Crippen LogP contribution in [-0.4, -0.2) is 23.7 Å². The molecule has 0 saturated heterocycles. The lowest BCUT2D eigenvalue weighted by molar-refractivity contribution is -0.185. The maximum absolute atomic E-state index is 11.5. The number of carboxylic acids is 1. The number of hydrogen-bond acceptors (Lipinski definition) is 3. The van der Waals surface area contributed by atoms with Gasteiger partial charge >= 0.3 is 11.9 Å². The highest BCUT2D eigenvalue weighted by Gasteiger charge is 2.60. The molecule has 0 unspecified atom stereocenters. The molecule has 0 bridgehead atoms. The highest BCUT2D eigenvalue weighted by Crippen LogP contribution is 2.54. The average molecular weight is 200 g/mol. The van der Waals surface area contributed by atoms with Crippen LogP contribution in [0.5, 0.6) is 0 Å². The molecule has 1 saturated carbocycles. The van der Waals surface area contributed by atoms with Gasteiger partial charge in [0, 0.05) is 0 Å². The van der Waals surface area contributed by atoms with E-state index in [4.69, 9.17) is 9.84 Å². The number of rotatable bonds is 3. The zero-order valence-electron chi connectivity index (χ0n) is 8.79. The van der Waals surface area contributed by atoms with Gasteiger partial charge in [-0.1, -0.05) is 13.8 Å². The summed E-state index contributed by atoms with van der Waals surface area (Å²) in [4.78, 5) is 22.5. The summed E-state index contributed by atoms with van der Waals surface area (Å²) in [7, 11) is 0. The minimum Gasteiger partial charge on any atom is -0.480 e. The van der Waals surface area contributed by atoms with Crippen molar-refractivity contribution in [2.45, 2.75) is 33.6 Å². The van der Waals surface area contributed by atoms with Crippen molar-refractivity contribution in [2.75, 3.05) is 6.61 Å². The summed E-state index contributed by atoms with van der Waals surface area (Å²) in [6, 6.07) is 0. The summed E-state index contributed by atoms with van der Waals surface area (Å²) in [5, 5.41) is 9.01. The first kappa shape index (κ1) is 11.0. The molecule has 0 aliphatic heterocycles. The van der Waals surface area contributed by atoms with Crippen LogP contribution < -0.4 is 0 Å². The maximum atomic E-state index is 11.5. The van der Waals surface area contributed by atoms with Crippen LogP contribution >= 0.6 is 0 Å². The van der Waals surface area contributed by atoms with E-state index in [0.717, 1.165) is 0 Å². The van der Waals surface area contributed by atoms with Crippen LogP contribution in [-0.2, 0) is 14.3 Å². The third-order valence-electron chi connectivity index (χ3n) is 2.64. The van der Waals surface area contributed by atoms with Crippen molar-refractivity contribution in [1.29, 1.82) is 0 Å². The van der Waals surface area contributed by atoms with E-state index in [2.05, 4.69) is 0 Å². The molecule has 0 aromatic heterocycles. The van der Waals surface area contributed by atoms with E-state index in [1.54, 1.807) is 6.92 Å². The third kappa shape index (κ3) is 1.61. The van der Waals surface area contributed by atoms with Crippen molar-refractivity contribution in [1.82, 2.24) is 0 Å². The predicted octanol–water partition coefficient (Wildman–Crippen LogP) is 1.44. The Balaban J connectivity index is 2.78. The second-order valence-corrected chi connectivity index (χ2v) is 4.63. The van der Waals surface area contributed by atoms with Gasteiger partial charge in [0.05, 0.1) is 6.61 Å². The van der Waals surface area contributed by atoms with Gasteiger partial charge in [0.15, 0.2) is 5.41 Å². The van der Waals surface area contributed by atoms with Crippen LogP contribution in [0.3, 0.4) is 0 Å². The molecule has 0 aromatic rings. The second-order valence-electron chi connectivity index (χ2n) is 4.63. The van der Waals surface area contributed by atoms with Crippen molar-refractivity contribution in [3.8, 4) is 0 Å². The molecular formula is C10H16O4. The van der Waals surface area contributed by atoms with Gasteiger partial charge in [0.25, 0.3) is 0 Å². The highest BCUT2D eigenvalue weighted by atomic mass is 16.5. The molecule has 1 aliphatic carbocycles. The normalized spacial score (nSPS) is 22.2. The summed E-state index contributed by atoms with van der Waals surface area (Å²) in [6.07, 6.45) is 0.738. The Morgan fingerprint density at radius 3 is 2.14 bits per heavy atom. The van der Waals surface area contributed by atoms with Crippen molar-refractivity contribution >= 4 is 11.9 Å². The summed E-state index contributed by atoms with van der Waals surface area (Å²) in [6.45, 7) is 5.81. The van der Waals surface area contributed by atoms with Gasteiger partial charge in [-0.25, -0.2) is 0 Å². The Bertz CT molecular complexity index is 259. The largest absolute Gasteiger partial charge is 0.480 e. The SMILES string of the molecule is CCOC(=O)C1(C(=O)O)CC(C)(C)C1. The molecule has 1 aliphatic rings. The molecule has 4 nitrogen and oxygen atoms in total. The van der Waals surface area contributed by atoms with Crippen LogP contribution in [0.15, 0.2) is 0 Å². The van der Waals surface area contributed by atoms with Crippen molar-refractivity contribution in [2.24, 2.45) is 10.8 Å². The standard InChI is InChI=1S/C10H16O4/c1-4-14-8(13)10(7(11)12)5-9(2,3)6-10/h4-6H2,1-3H3,(H,11,12). The minimum atomic E-state index is -1.28. The van der Waals surface area contributed by atoms with Crippen LogP contribution in [0.25, 0.3) is 0 Å². The number of carboxylic acid groups (broad SMARTS) is 1. The number of carbonyl (C=O) groups is 2. The Hall–Kier alpha value is -1.06. The maximum Gasteiger partial charge on any atom is 0.323 e. The van der Waals surface area contributed by atoms with Crippen molar-refractivity contribution in [3.63, 3.8) is 0 Å². The van der Waals surface area contributed by atoms with Gasteiger partial charge in [-0.15, -0.1) is 0 Å². The quantitative estimate of drug-likeness (QED) is 0.553. The van der Waals surface area contributed by atoms with Crippen LogP contribution in [0.2, 0.25) is 0 Å².